The molecule has 0 amide bonds. The number of carbonyl (C=O) groups is 1. The molecule has 0 saturated heterocycles. The third-order valence-corrected chi connectivity index (χ3v) is 2.01. The van der Waals surface area contributed by atoms with Crippen molar-refractivity contribution in [2.24, 2.45) is 11.1 Å². The van der Waals surface area contributed by atoms with Crippen LogP contribution in [0.15, 0.2) is 12.1 Å². The summed E-state index contributed by atoms with van der Waals surface area (Å²) in [5, 5.41) is 0. The van der Waals surface area contributed by atoms with Crippen LogP contribution in [0.5, 0.6) is 5.75 Å². The number of carbonyl (C=O) groups excluding carboxylic acids is 1. The normalized spacial score (nSPS) is 11.2. The van der Waals surface area contributed by atoms with Crippen molar-refractivity contribution in [1.82, 2.24) is 4.98 Å². The Bertz CT molecular complexity index is 397. The van der Waals surface area contributed by atoms with Crippen molar-refractivity contribution in [3.63, 3.8) is 0 Å². The summed E-state index contributed by atoms with van der Waals surface area (Å²) in [5.74, 6) is 0.539. The summed E-state index contributed by atoms with van der Waals surface area (Å²) in [7, 11) is 0. The zero-order valence-corrected chi connectivity index (χ0v) is 9.78. The van der Waals surface area contributed by atoms with Crippen molar-refractivity contribution in [3.05, 3.63) is 17.8 Å². The van der Waals surface area contributed by atoms with Crippen molar-refractivity contribution in [2.45, 2.75) is 20.8 Å². The van der Waals surface area contributed by atoms with E-state index in [1.54, 1.807) is 12.1 Å². The molecule has 4 N–H and O–H groups in total. The van der Waals surface area contributed by atoms with Crippen molar-refractivity contribution in [1.29, 1.82) is 0 Å². The fourth-order valence-electron chi connectivity index (χ4n) is 1.19. The number of nitrogen functional groups attached to an aromatic ring is 1. The van der Waals surface area contributed by atoms with Gasteiger partial charge in [0.2, 0.25) is 0 Å². The second-order valence-corrected chi connectivity index (χ2v) is 4.47. The van der Waals surface area contributed by atoms with Gasteiger partial charge in [0.15, 0.2) is 17.2 Å². The fraction of sp³-hybridized carbons (Fsp3) is 0.455. The Kier molecular flexibility index (Phi) is 3.49. The Hall–Kier alpha value is -1.62. The van der Waals surface area contributed by atoms with E-state index in [1.807, 2.05) is 20.8 Å². The lowest BCUT2D eigenvalue weighted by atomic mass is 9.88. The van der Waals surface area contributed by atoms with Crippen molar-refractivity contribution in [3.8, 4) is 5.75 Å². The maximum Gasteiger partial charge on any atom is 0.190 e. The molecule has 5 nitrogen and oxygen atoms in total. The molecule has 5 heteroatoms. The number of ether oxygens (including phenoxy) is 1. The smallest absolute Gasteiger partial charge is 0.190 e. The van der Waals surface area contributed by atoms with Crippen molar-refractivity contribution >= 4 is 11.6 Å². The van der Waals surface area contributed by atoms with Crippen molar-refractivity contribution < 1.29 is 9.53 Å². The molecule has 0 aromatic carbocycles. The van der Waals surface area contributed by atoms with Crippen LogP contribution in [0.1, 0.15) is 31.3 Å². The van der Waals surface area contributed by atoms with Crippen LogP contribution < -0.4 is 16.2 Å². The molecule has 0 aliphatic heterocycles. The number of anilines is 1. The molecule has 1 aromatic heterocycles. The fourth-order valence-corrected chi connectivity index (χ4v) is 1.19. The summed E-state index contributed by atoms with van der Waals surface area (Å²) in [6, 6.07) is 3.18. The second-order valence-electron chi connectivity index (χ2n) is 4.47. The Morgan fingerprint density at radius 2 is 2.06 bits per heavy atom. The molecule has 0 bridgehead atoms. The number of nitrogens with zero attached hydrogens (tertiary/aromatic N) is 1. The average molecular weight is 223 g/mol. The van der Waals surface area contributed by atoms with E-state index in [2.05, 4.69) is 4.98 Å². The minimum Gasteiger partial charge on any atom is -0.476 e. The van der Waals surface area contributed by atoms with Crippen molar-refractivity contribution in [2.75, 3.05) is 12.5 Å². The largest absolute Gasteiger partial charge is 0.476 e. The van der Waals surface area contributed by atoms with Crippen LogP contribution in [0.4, 0.5) is 5.82 Å². The van der Waals surface area contributed by atoms with E-state index in [1.165, 1.54) is 0 Å². The van der Waals surface area contributed by atoms with Gasteiger partial charge in [-0.2, -0.15) is 0 Å². The molecule has 0 fully saturated rings. The van der Waals surface area contributed by atoms with Gasteiger partial charge >= 0.3 is 0 Å². The molecule has 1 rings (SSSR count). The SMILES string of the molecule is CC(C)(C)C(=O)c1nc(N)ccc1OCN. The van der Waals surface area contributed by atoms with Gasteiger partial charge in [0, 0.05) is 5.41 Å². The highest BCUT2D eigenvalue weighted by Gasteiger charge is 2.27. The number of ketones is 1. The Morgan fingerprint density at radius 3 is 2.56 bits per heavy atom. The summed E-state index contributed by atoms with van der Waals surface area (Å²) in [5.41, 5.74) is 10.5. The lowest BCUT2D eigenvalue weighted by Gasteiger charge is -2.18. The maximum atomic E-state index is 12.1. The third-order valence-electron chi connectivity index (χ3n) is 2.01. The lowest BCUT2D eigenvalue weighted by Crippen LogP contribution is -2.23. The zero-order chi connectivity index (χ0) is 12.3. The molecule has 0 radical (unpaired) electrons. The Labute approximate surface area is 94.8 Å². The number of aromatic nitrogens is 1. The van der Waals surface area contributed by atoms with Gasteiger partial charge in [-0.1, -0.05) is 20.8 Å². The molecule has 1 aromatic rings. The summed E-state index contributed by atoms with van der Waals surface area (Å²) in [6.07, 6.45) is 0. The molecular formula is C11H17N3O2. The molecule has 0 aliphatic carbocycles. The highest BCUT2D eigenvalue weighted by atomic mass is 16.5. The molecular weight excluding hydrogens is 206 g/mol. The molecule has 0 spiro atoms. The van der Waals surface area contributed by atoms with E-state index in [0.717, 1.165) is 0 Å². The standard InChI is InChI=1S/C11H17N3O2/c1-11(2,3)10(15)9-7(16-6-12)4-5-8(13)14-9/h4-5H,6,12H2,1-3H3,(H2,13,14). The summed E-state index contributed by atoms with van der Waals surface area (Å²) in [4.78, 5) is 16.1. The predicted octanol–water partition coefficient (Wildman–Crippen LogP) is 1.19. The molecule has 0 saturated carbocycles. The van der Waals surface area contributed by atoms with Crippen LogP contribution in [0.25, 0.3) is 0 Å². The van der Waals surface area contributed by atoms with Gasteiger partial charge < -0.3 is 10.5 Å². The van der Waals surface area contributed by atoms with Gasteiger partial charge in [0.1, 0.15) is 12.5 Å². The van der Waals surface area contributed by atoms with E-state index in [-0.39, 0.29) is 24.0 Å². The number of pyridine rings is 1. The third kappa shape index (κ3) is 2.70. The Morgan fingerprint density at radius 1 is 1.44 bits per heavy atom. The summed E-state index contributed by atoms with van der Waals surface area (Å²) in [6.45, 7) is 5.43. The van der Waals surface area contributed by atoms with Crippen LogP contribution in [0.3, 0.4) is 0 Å². The van der Waals surface area contributed by atoms with E-state index in [0.29, 0.717) is 5.75 Å². The van der Waals surface area contributed by atoms with E-state index >= 15 is 0 Å². The van der Waals surface area contributed by atoms with Gasteiger partial charge in [-0.05, 0) is 12.1 Å². The monoisotopic (exact) mass is 223 g/mol. The topological polar surface area (TPSA) is 91.2 Å². The van der Waals surface area contributed by atoms with Crippen LogP contribution in [0.2, 0.25) is 0 Å². The molecule has 1 heterocycles. The van der Waals surface area contributed by atoms with E-state index in [4.69, 9.17) is 16.2 Å². The number of Topliss-reactive ketones (excluding diaryl/α,β-unsaturated/α-hetero) is 1. The number of nitrogens with two attached hydrogens (primary N) is 2. The van der Waals surface area contributed by atoms with Gasteiger partial charge in [0.05, 0.1) is 0 Å². The van der Waals surface area contributed by atoms with Crippen LogP contribution in [-0.2, 0) is 0 Å². The first-order valence-corrected chi connectivity index (χ1v) is 5.00. The van der Waals surface area contributed by atoms with Gasteiger partial charge in [-0.25, -0.2) is 4.98 Å². The van der Waals surface area contributed by atoms with E-state index in [9.17, 15) is 4.79 Å². The van der Waals surface area contributed by atoms with Crippen LogP contribution >= 0.6 is 0 Å². The molecule has 0 aliphatic rings. The number of hydrogen-bond donors (Lipinski definition) is 2. The van der Waals surface area contributed by atoms with Gasteiger partial charge in [-0.3, -0.25) is 10.5 Å². The van der Waals surface area contributed by atoms with Gasteiger partial charge in [-0.15, -0.1) is 0 Å². The lowest BCUT2D eigenvalue weighted by molar-refractivity contribution is 0.0848. The Balaban J connectivity index is 3.19. The minimum atomic E-state index is -0.534. The molecule has 16 heavy (non-hydrogen) atoms. The first-order chi connectivity index (χ1) is 7.36. The average Bonchev–Trinajstić information content (AvgIpc) is 2.18. The number of rotatable bonds is 3. The summed E-state index contributed by atoms with van der Waals surface area (Å²) >= 11 is 0. The minimum absolute atomic E-state index is 0.00395. The quantitative estimate of drug-likeness (QED) is 0.593. The van der Waals surface area contributed by atoms with Crippen LogP contribution in [-0.4, -0.2) is 17.5 Å². The predicted molar refractivity (Wildman–Crippen MR) is 62.1 cm³/mol. The molecule has 88 valence electrons. The van der Waals surface area contributed by atoms with Crippen LogP contribution in [0, 0.1) is 5.41 Å². The second kappa shape index (κ2) is 4.49. The van der Waals surface area contributed by atoms with Gasteiger partial charge in [0.25, 0.3) is 0 Å². The maximum absolute atomic E-state index is 12.1. The summed E-state index contributed by atoms with van der Waals surface area (Å²) < 4.78 is 5.15. The highest BCUT2D eigenvalue weighted by Crippen LogP contribution is 2.26. The molecule has 0 unspecified atom stereocenters. The highest BCUT2D eigenvalue weighted by molar-refractivity contribution is 6.00. The van der Waals surface area contributed by atoms with E-state index < -0.39 is 5.41 Å². The molecule has 0 atom stereocenters. The number of hydrogen-bond acceptors (Lipinski definition) is 5. The first-order valence-electron chi connectivity index (χ1n) is 5.00. The zero-order valence-electron chi connectivity index (χ0n) is 9.78. The first kappa shape index (κ1) is 12.4.